The lowest BCUT2D eigenvalue weighted by Gasteiger charge is -2.02. The van der Waals surface area contributed by atoms with Gasteiger partial charge in [-0.3, -0.25) is 14.9 Å². The lowest BCUT2D eigenvalue weighted by molar-refractivity contribution is -0.384. The van der Waals surface area contributed by atoms with Gasteiger partial charge in [-0.15, -0.1) is 6.58 Å². The molecule has 0 aliphatic rings. The molecule has 1 N–H and O–H groups in total. The molecule has 0 unspecified atom stereocenters. The number of hydrogen-bond donors (Lipinski definition) is 1. The van der Waals surface area contributed by atoms with E-state index in [2.05, 4.69) is 17.0 Å². The second kappa shape index (κ2) is 6.47. The molecule has 0 aliphatic carbocycles. The van der Waals surface area contributed by atoms with Crippen molar-refractivity contribution in [1.82, 2.24) is 15.1 Å². The van der Waals surface area contributed by atoms with E-state index in [0.717, 1.165) is 0 Å². The van der Waals surface area contributed by atoms with Gasteiger partial charge in [0, 0.05) is 24.9 Å². The van der Waals surface area contributed by atoms with Crippen molar-refractivity contribution in [3.05, 3.63) is 65.0 Å². The number of benzene rings is 1. The number of non-ortho nitro benzene ring substituents is 1. The van der Waals surface area contributed by atoms with Gasteiger partial charge in [-0.2, -0.15) is 5.10 Å². The first-order chi connectivity index (χ1) is 10.1. The molecule has 0 saturated heterocycles. The van der Waals surface area contributed by atoms with E-state index in [-0.39, 0.29) is 17.3 Å². The number of nitrogens with zero attached hydrogens (tertiary/aromatic N) is 3. The van der Waals surface area contributed by atoms with E-state index in [9.17, 15) is 14.9 Å². The van der Waals surface area contributed by atoms with E-state index in [4.69, 9.17) is 0 Å². The summed E-state index contributed by atoms with van der Waals surface area (Å²) in [4.78, 5) is 22.1. The average molecular weight is 286 g/mol. The van der Waals surface area contributed by atoms with Gasteiger partial charge in [0.2, 0.25) is 0 Å². The summed E-state index contributed by atoms with van der Waals surface area (Å²) in [5.41, 5.74) is 0.750. The molecule has 0 atom stereocenters. The molecule has 2 rings (SSSR count). The van der Waals surface area contributed by atoms with Gasteiger partial charge >= 0.3 is 0 Å². The summed E-state index contributed by atoms with van der Waals surface area (Å²) in [6.45, 7) is 4.06. The fourth-order valence-corrected chi connectivity index (χ4v) is 1.72. The van der Waals surface area contributed by atoms with Gasteiger partial charge in [-0.05, 0) is 18.6 Å². The van der Waals surface area contributed by atoms with Crippen LogP contribution < -0.4 is 5.32 Å². The molecule has 1 aromatic carbocycles. The Bertz CT molecular complexity index is 678. The number of carbonyl (C=O) groups excluding carboxylic acids is 1. The fraction of sp³-hybridized carbons (Fsp3) is 0.143. The number of nitrogens with one attached hydrogen (secondary N) is 1. The second-order valence-corrected chi connectivity index (χ2v) is 4.26. The highest BCUT2D eigenvalue weighted by Gasteiger charge is 2.11. The highest BCUT2D eigenvalue weighted by molar-refractivity contribution is 5.92. The second-order valence-electron chi connectivity index (χ2n) is 4.26. The number of nitro groups is 1. The number of amides is 1. The molecule has 1 aromatic heterocycles. The lowest BCUT2D eigenvalue weighted by Crippen LogP contribution is -2.24. The number of rotatable bonds is 6. The normalized spacial score (nSPS) is 10.1. The predicted molar refractivity (Wildman–Crippen MR) is 77.4 cm³/mol. The topological polar surface area (TPSA) is 90.1 Å². The molecule has 0 radical (unpaired) electrons. The van der Waals surface area contributed by atoms with Gasteiger partial charge in [0.1, 0.15) is 0 Å². The van der Waals surface area contributed by atoms with E-state index < -0.39 is 4.92 Å². The van der Waals surface area contributed by atoms with Crippen molar-refractivity contribution in [1.29, 1.82) is 0 Å². The van der Waals surface area contributed by atoms with E-state index >= 15 is 0 Å². The third-order valence-electron chi connectivity index (χ3n) is 2.76. The molecule has 7 nitrogen and oxygen atoms in total. The van der Waals surface area contributed by atoms with Crippen molar-refractivity contribution in [3.63, 3.8) is 0 Å². The summed E-state index contributed by atoms with van der Waals surface area (Å²) < 4.78 is 1.43. The quantitative estimate of drug-likeness (QED) is 0.381. The SMILES string of the molecule is C=CCCNC(=O)c1ccn(-c2cccc([N+](=O)[O-])c2)n1. The molecule has 7 heteroatoms. The average Bonchev–Trinajstić information content (AvgIpc) is 2.97. The molecule has 0 aliphatic heterocycles. The van der Waals surface area contributed by atoms with Crippen molar-refractivity contribution in [3.8, 4) is 5.69 Å². The molecule has 21 heavy (non-hydrogen) atoms. The molecule has 0 bridgehead atoms. The zero-order chi connectivity index (χ0) is 15.2. The summed E-state index contributed by atoms with van der Waals surface area (Å²) >= 11 is 0. The number of carbonyl (C=O) groups is 1. The van der Waals surface area contributed by atoms with Crippen LogP contribution in [0.2, 0.25) is 0 Å². The molecule has 108 valence electrons. The van der Waals surface area contributed by atoms with Crippen LogP contribution in [0.1, 0.15) is 16.9 Å². The number of nitro benzene ring substituents is 1. The Labute approximate surface area is 121 Å². The van der Waals surface area contributed by atoms with Gasteiger partial charge in [-0.1, -0.05) is 12.1 Å². The van der Waals surface area contributed by atoms with Crippen molar-refractivity contribution in [2.24, 2.45) is 0 Å². The van der Waals surface area contributed by atoms with Crippen LogP contribution in [-0.4, -0.2) is 27.2 Å². The van der Waals surface area contributed by atoms with E-state index in [1.807, 2.05) is 0 Å². The summed E-state index contributed by atoms with van der Waals surface area (Å²) in [7, 11) is 0. The molecule has 1 amide bonds. The molecule has 0 saturated carbocycles. The summed E-state index contributed by atoms with van der Waals surface area (Å²) in [5.74, 6) is -0.291. The Balaban J connectivity index is 2.16. The maximum Gasteiger partial charge on any atom is 0.271 e. The van der Waals surface area contributed by atoms with Crippen LogP contribution in [-0.2, 0) is 0 Å². The Morgan fingerprint density at radius 3 is 3.00 bits per heavy atom. The molecular formula is C14H14N4O3. The minimum Gasteiger partial charge on any atom is -0.350 e. The van der Waals surface area contributed by atoms with Gasteiger partial charge in [0.05, 0.1) is 10.6 Å². The third kappa shape index (κ3) is 3.53. The molecular weight excluding hydrogens is 272 g/mol. The van der Waals surface area contributed by atoms with Crippen molar-refractivity contribution in [2.75, 3.05) is 6.54 Å². The van der Waals surface area contributed by atoms with Crippen LogP contribution in [0.3, 0.4) is 0 Å². The van der Waals surface area contributed by atoms with Gasteiger partial charge < -0.3 is 5.32 Å². The minimum atomic E-state index is -0.476. The zero-order valence-corrected chi connectivity index (χ0v) is 11.2. The molecule has 0 spiro atoms. The van der Waals surface area contributed by atoms with Crippen molar-refractivity contribution < 1.29 is 9.72 Å². The molecule has 1 heterocycles. The van der Waals surface area contributed by atoms with Crippen molar-refractivity contribution >= 4 is 11.6 Å². The molecule has 0 fully saturated rings. The van der Waals surface area contributed by atoms with Crippen LogP contribution in [0.15, 0.2) is 49.2 Å². The first-order valence-electron chi connectivity index (χ1n) is 6.31. The number of hydrogen-bond acceptors (Lipinski definition) is 4. The first-order valence-corrected chi connectivity index (χ1v) is 6.31. The summed E-state index contributed by atoms with van der Waals surface area (Å²) in [6, 6.07) is 7.60. The van der Waals surface area contributed by atoms with Crippen LogP contribution in [0.25, 0.3) is 5.69 Å². The largest absolute Gasteiger partial charge is 0.350 e. The Hall–Kier alpha value is -2.96. The van der Waals surface area contributed by atoms with Crippen LogP contribution in [0.4, 0.5) is 5.69 Å². The van der Waals surface area contributed by atoms with E-state index in [0.29, 0.717) is 18.7 Å². The predicted octanol–water partition coefficient (Wildman–Crippen LogP) is 2.09. The summed E-state index contributed by atoms with van der Waals surface area (Å²) in [6.07, 6.45) is 3.97. The maximum atomic E-state index is 11.8. The monoisotopic (exact) mass is 286 g/mol. The Morgan fingerprint density at radius 2 is 2.29 bits per heavy atom. The van der Waals surface area contributed by atoms with Gasteiger partial charge in [-0.25, -0.2) is 4.68 Å². The van der Waals surface area contributed by atoms with Crippen LogP contribution >= 0.6 is 0 Å². The highest BCUT2D eigenvalue weighted by Crippen LogP contribution is 2.16. The van der Waals surface area contributed by atoms with Gasteiger partial charge in [0.25, 0.3) is 11.6 Å². The van der Waals surface area contributed by atoms with E-state index in [1.54, 1.807) is 30.5 Å². The van der Waals surface area contributed by atoms with Crippen LogP contribution in [0, 0.1) is 10.1 Å². The van der Waals surface area contributed by atoms with Crippen molar-refractivity contribution in [2.45, 2.75) is 6.42 Å². The smallest absolute Gasteiger partial charge is 0.271 e. The maximum absolute atomic E-state index is 11.8. The number of aromatic nitrogens is 2. The van der Waals surface area contributed by atoms with Crippen LogP contribution in [0.5, 0.6) is 0 Å². The minimum absolute atomic E-state index is 0.0278. The first kappa shape index (κ1) is 14.4. The highest BCUT2D eigenvalue weighted by atomic mass is 16.6. The summed E-state index contributed by atoms with van der Waals surface area (Å²) in [5, 5.41) is 17.6. The Morgan fingerprint density at radius 1 is 1.48 bits per heavy atom. The molecule has 2 aromatic rings. The standard InChI is InChI=1S/C14H14N4O3/c1-2-3-8-15-14(19)13-7-9-17(16-13)11-5-4-6-12(10-11)18(20)21/h2,4-7,9-10H,1,3,8H2,(H,15,19). The fourth-order valence-electron chi connectivity index (χ4n) is 1.72. The lowest BCUT2D eigenvalue weighted by atomic mass is 10.3. The Kier molecular flexibility index (Phi) is 4.45. The zero-order valence-electron chi connectivity index (χ0n) is 11.2. The third-order valence-corrected chi connectivity index (χ3v) is 2.76. The van der Waals surface area contributed by atoms with E-state index in [1.165, 1.54) is 16.8 Å². The van der Waals surface area contributed by atoms with Gasteiger partial charge in [0.15, 0.2) is 5.69 Å².